The van der Waals surface area contributed by atoms with E-state index in [2.05, 4.69) is 10.1 Å². The Labute approximate surface area is 151 Å². The third kappa shape index (κ3) is 4.72. The maximum absolute atomic E-state index is 12.2. The van der Waals surface area contributed by atoms with Gasteiger partial charge in [-0.3, -0.25) is 4.79 Å². The first kappa shape index (κ1) is 17.7. The molecule has 7 heteroatoms. The molecule has 0 atom stereocenters. The summed E-state index contributed by atoms with van der Waals surface area (Å²) in [6.45, 7) is 2.96. The van der Waals surface area contributed by atoms with Crippen LogP contribution in [0.3, 0.4) is 0 Å². The molecule has 0 radical (unpaired) electrons. The number of nitrogens with zero attached hydrogens (tertiary/aromatic N) is 3. The number of carbonyl (C=O) groups excluding carboxylic acids is 1. The molecule has 0 aliphatic rings. The van der Waals surface area contributed by atoms with Crippen LogP contribution in [0, 0.1) is 6.92 Å². The van der Waals surface area contributed by atoms with E-state index < -0.39 is 0 Å². The van der Waals surface area contributed by atoms with E-state index in [1.165, 1.54) is 0 Å². The summed E-state index contributed by atoms with van der Waals surface area (Å²) in [6.07, 6.45) is 2.22. The maximum atomic E-state index is 12.2. The zero-order chi connectivity index (χ0) is 18.4. The van der Waals surface area contributed by atoms with E-state index in [1.807, 2.05) is 31.2 Å². The molecule has 0 fully saturated rings. The summed E-state index contributed by atoms with van der Waals surface area (Å²) in [5.74, 6) is 2.14. The molecule has 0 saturated carbocycles. The van der Waals surface area contributed by atoms with Crippen LogP contribution in [-0.2, 0) is 11.2 Å². The first-order valence-corrected chi connectivity index (χ1v) is 8.42. The molecule has 0 N–H and O–H groups in total. The standard InChI is InChI=1S/C19H21N3O4/c1-14-5-3-6-15(13-14)24-12-10-22(2)18(23)9-8-17-20-19(21-26-17)16-7-4-11-25-16/h3-7,11,13H,8-10,12H2,1-2H3. The number of ether oxygens (including phenoxy) is 1. The first-order valence-electron chi connectivity index (χ1n) is 8.42. The third-order valence-corrected chi connectivity index (χ3v) is 3.87. The van der Waals surface area contributed by atoms with Crippen LogP contribution in [0.5, 0.6) is 5.75 Å². The van der Waals surface area contributed by atoms with Gasteiger partial charge >= 0.3 is 0 Å². The molecule has 7 nitrogen and oxygen atoms in total. The number of rotatable bonds is 8. The van der Waals surface area contributed by atoms with E-state index in [1.54, 1.807) is 30.3 Å². The number of benzene rings is 1. The molecule has 0 bridgehead atoms. The lowest BCUT2D eigenvalue weighted by Gasteiger charge is -2.17. The SMILES string of the molecule is Cc1cccc(OCCN(C)C(=O)CCc2nc(-c3ccco3)no2)c1. The molecule has 2 heterocycles. The van der Waals surface area contributed by atoms with Crippen molar-refractivity contribution < 1.29 is 18.5 Å². The lowest BCUT2D eigenvalue weighted by atomic mass is 10.2. The average Bonchev–Trinajstić information content (AvgIpc) is 3.31. The van der Waals surface area contributed by atoms with Crippen LogP contribution >= 0.6 is 0 Å². The Hall–Kier alpha value is -3.09. The molecule has 1 aromatic carbocycles. The zero-order valence-electron chi connectivity index (χ0n) is 14.8. The van der Waals surface area contributed by atoms with Gasteiger partial charge in [-0.25, -0.2) is 0 Å². The highest BCUT2D eigenvalue weighted by Gasteiger charge is 2.14. The van der Waals surface area contributed by atoms with Gasteiger partial charge in [0.15, 0.2) is 5.76 Å². The number of furan rings is 1. The van der Waals surface area contributed by atoms with Gasteiger partial charge in [0.25, 0.3) is 0 Å². The van der Waals surface area contributed by atoms with Crippen LogP contribution in [0.4, 0.5) is 0 Å². The summed E-state index contributed by atoms with van der Waals surface area (Å²) in [5, 5.41) is 3.85. The second-order valence-electron chi connectivity index (χ2n) is 5.97. The highest BCUT2D eigenvalue weighted by molar-refractivity contribution is 5.76. The maximum Gasteiger partial charge on any atom is 0.238 e. The minimum atomic E-state index is -0.00408. The van der Waals surface area contributed by atoms with Crippen molar-refractivity contribution >= 4 is 5.91 Å². The normalized spacial score (nSPS) is 10.7. The minimum Gasteiger partial charge on any atom is -0.492 e. The number of aryl methyl sites for hydroxylation is 2. The summed E-state index contributed by atoms with van der Waals surface area (Å²) in [5.41, 5.74) is 1.14. The van der Waals surface area contributed by atoms with Crippen molar-refractivity contribution in [2.24, 2.45) is 0 Å². The minimum absolute atomic E-state index is 0.00408. The third-order valence-electron chi connectivity index (χ3n) is 3.87. The van der Waals surface area contributed by atoms with E-state index in [0.29, 0.717) is 43.5 Å². The van der Waals surface area contributed by atoms with Crippen molar-refractivity contribution in [3.8, 4) is 17.3 Å². The molecule has 136 valence electrons. The van der Waals surface area contributed by atoms with Gasteiger partial charge < -0.3 is 18.6 Å². The summed E-state index contributed by atoms with van der Waals surface area (Å²) in [4.78, 5) is 18.1. The molecule has 2 aromatic heterocycles. The largest absolute Gasteiger partial charge is 0.492 e. The van der Waals surface area contributed by atoms with Gasteiger partial charge in [0, 0.05) is 19.9 Å². The molecule has 0 aliphatic heterocycles. The average molecular weight is 355 g/mol. The lowest BCUT2D eigenvalue weighted by molar-refractivity contribution is -0.130. The number of hydrogen-bond donors (Lipinski definition) is 0. The van der Waals surface area contributed by atoms with Gasteiger partial charge in [-0.05, 0) is 36.8 Å². The van der Waals surface area contributed by atoms with E-state index in [9.17, 15) is 4.79 Å². The van der Waals surface area contributed by atoms with Crippen LogP contribution in [0.15, 0.2) is 51.6 Å². The monoisotopic (exact) mass is 355 g/mol. The summed E-state index contributed by atoms with van der Waals surface area (Å²) in [6, 6.07) is 11.3. The quantitative estimate of drug-likeness (QED) is 0.617. The topological polar surface area (TPSA) is 81.6 Å². The lowest BCUT2D eigenvalue weighted by Crippen LogP contribution is -2.31. The Bertz CT molecular complexity index is 842. The number of aromatic nitrogens is 2. The highest BCUT2D eigenvalue weighted by Crippen LogP contribution is 2.16. The molecule has 0 unspecified atom stereocenters. The van der Waals surface area contributed by atoms with Crippen LogP contribution in [-0.4, -0.2) is 41.1 Å². The smallest absolute Gasteiger partial charge is 0.238 e. The van der Waals surface area contributed by atoms with Gasteiger partial charge in [-0.15, -0.1) is 0 Å². The van der Waals surface area contributed by atoms with Crippen LogP contribution < -0.4 is 4.74 Å². The van der Waals surface area contributed by atoms with Crippen molar-refractivity contribution in [2.75, 3.05) is 20.2 Å². The Morgan fingerprint density at radius 2 is 2.15 bits per heavy atom. The fourth-order valence-electron chi connectivity index (χ4n) is 2.40. The molecule has 1 amide bonds. The van der Waals surface area contributed by atoms with Crippen molar-refractivity contribution in [3.05, 3.63) is 54.1 Å². The van der Waals surface area contributed by atoms with Gasteiger partial charge in [-0.1, -0.05) is 17.3 Å². The second-order valence-corrected chi connectivity index (χ2v) is 5.97. The van der Waals surface area contributed by atoms with E-state index in [0.717, 1.165) is 11.3 Å². The molecule has 3 aromatic rings. The summed E-state index contributed by atoms with van der Waals surface area (Å²) >= 11 is 0. The van der Waals surface area contributed by atoms with Crippen molar-refractivity contribution in [1.82, 2.24) is 15.0 Å². The highest BCUT2D eigenvalue weighted by atomic mass is 16.5. The molecule has 26 heavy (non-hydrogen) atoms. The molecule has 3 rings (SSSR count). The molecular weight excluding hydrogens is 334 g/mol. The zero-order valence-corrected chi connectivity index (χ0v) is 14.8. The van der Waals surface area contributed by atoms with Crippen LogP contribution in [0.25, 0.3) is 11.6 Å². The van der Waals surface area contributed by atoms with Gasteiger partial charge in [-0.2, -0.15) is 4.98 Å². The summed E-state index contributed by atoms with van der Waals surface area (Å²) in [7, 11) is 1.75. The van der Waals surface area contributed by atoms with Gasteiger partial charge in [0.1, 0.15) is 12.4 Å². The molecule has 0 spiro atoms. The van der Waals surface area contributed by atoms with Crippen LogP contribution in [0.2, 0.25) is 0 Å². The Morgan fingerprint density at radius 1 is 1.27 bits per heavy atom. The first-order chi connectivity index (χ1) is 12.6. The van der Waals surface area contributed by atoms with E-state index in [-0.39, 0.29) is 5.91 Å². The predicted octanol–water partition coefficient (Wildman–Crippen LogP) is 3.11. The van der Waals surface area contributed by atoms with Gasteiger partial charge in [0.2, 0.25) is 17.6 Å². The fourth-order valence-corrected chi connectivity index (χ4v) is 2.40. The summed E-state index contributed by atoms with van der Waals surface area (Å²) < 4.78 is 16.0. The van der Waals surface area contributed by atoms with E-state index >= 15 is 0 Å². The van der Waals surface area contributed by atoms with Gasteiger partial charge in [0.05, 0.1) is 12.8 Å². The van der Waals surface area contributed by atoms with Crippen molar-refractivity contribution in [2.45, 2.75) is 19.8 Å². The number of likely N-dealkylation sites (N-methyl/N-ethyl adjacent to an activating group) is 1. The Kier molecular flexibility index (Phi) is 5.68. The molecule has 0 saturated heterocycles. The van der Waals surface area contributed by atoms with Crippen molar-refractivity contribution in [1.29, 1.82) is 0 Å². The predicted molar refractivity (Wildman–Crippen MR) is 94.6 cm³/mol. The second kappa shape index (κ2) is 8.33. The number of carbonyl (C=O) groups is 1. The van der Waals surface area contributed by atoms with E-state index in [4.69, 9.17) is 13.7 Å². The van der Waals surface area contributed by atoms with Crippen molar-refractivity contribution in [3.63, 3.8) is 0 Å². The molecule has 0 aliphatic carbocycles. The number of hydrogen-bond acceptors (Lipinski definition) is 6. The Morgan fingerprint density at radius 3 is 2.92 bits per heavy atom. The molecular formula is C19H21N3O4. The Balaban J connectivity index is 1.41. The number of amides is 1. The van der Waals surface area contributed by atoms with Crippen LogP contribution in [0.1, 0.15) is 17.9 Å². The fraction of sp³-hybridized carbons (Fsp3) is 0.316.